The summed E-state index contributed by atoms with van der Waals surface area (Å²) in [5.74, 6) is 3.24. The van der Waals surface area contributed by atoms with Crippen LogP contribution < -0.4 is 5.32 Å². The van der Waals surface area contributed by atoms with E-state index in [0.717, 1.165) is 12.3 Å². The van der Waals surface area contributed by atoms with Gasteiger partial charge in [0, 0.05) is 17.3 Å². The number of nitrogens with one attached hydrogen (secondary N) is 1. The molecule has 1 heteroatoms. The van der Waals surface area contributed by atoms with E-state index in [4.69, 9.17) is 0 Å². The number of para-hydroxylation sites is 1. The fourth-order valence-electron chi connectivity index (χ4n) is 4.82. The van der Waals surface area contributed by atoms with Crippen LogP contribution >= 0.6 is 0 Å². The summed E-state index contributed by atoms with van der Waals surface area (Å²) in [6.45, 7) is 4.78. The lowest BCUT2D eigenvalue weighted by atomic mass is 9.70. The SMILES string of the molecule is CC1CC(C2C=CC(C3C=CC=CC3)CC2C)=CC=C1Nc1ccccc1. The highest BCUT2D eigenvalue weighted by molar-refractivity contribution is 5.50. The van der Waals surface area contributed by atoms with Crippen molar-refractivity contribution in [2.24, 2.45) is 29.6 Å². The average Bonchev–Trinajstić information content (AvgIpc) is 2.71. The van der Waals surface area contributed by atoms with E-state index in [1.807, 2.05) is 0 Å². The summed E-state index contributed by atoms with van der Waals surface area (Å²) in [6, 6.07) is 10.5. The van der Waals surface area contributed by atoms with Crippen LogP contribution in [0.3, 0.4) is 0 Å². The van der Waals surface area contributed by atoms with Crippen molar-refractivity contribution < 1.29 is 0 Å². The third-order valence-corrected chi connectivity index (χ3v) is 6.43. The number of allylic oxidation sites excluding steroid dienone is 10. The van der Waals surface area contributed by atoms with Crippen molar-refractivity contribution in [1.82, 2.24) is 0 Å². The monoisotopic (exact) mass is 357 g/mol. The molecule has 0 fully saturated rings. The Morgan fingerprint density at radius 3 is 2.44 bits per heavy atom. The Hall–Kier alpha value is -2.28. The highest BCUT2D eigenvalue weighted by Crippen LogP contribution is 2.41. The third-order valence-electron chi connectivity index (χ3n) is 6.43. The van der Waals surface area contributed by atoms with Gasteiger partial charge in [-0.25, -0.2) is 0 Å². The number of benzene rings is 1. The van der Waals surface area contributed by atoms with E-state index in [2.05, 4.69) is 98.1 Å². The van der Waals surface area contributed by atoms with Crippen molar-refractivity contribution in [2.45, 2.75) is 33.1 Å². The Morgan fingerprint density at radius 2 is 1.74 bits per heavy atom. The van der Waals surface area contributed by atoms with Crippen molar-refractivity contribution in [1.29, 1.82) is 0 Å². The van der Waals surface area contributed by atoms with Gasteiger partial charge in [0.25, 0.3) is 0 Å². The molecule has 0 bridgehead atoms. The molecule has 1 nitrogen and oxygen atoms in total. The van der Waals surface area contributed by atoms with E-state index in [-0.39, 0.29) is 0 Å². The first-order chi connectivity index (χ1) is 13.2. The van der Waals surface area contributed by atoms with Crippen LogP contribution in [0.5, 0.6) is 0 Å². The van der Waals surface area contributed by atoms with Crippen molar-refractivity contribution in [2.75, 3.05) is 5.32 Å². The van der Waals surface area contributed by atoms with Gasteiger partial charge in [0.15, 0.2) is 0 Å². The van der Waals surface area contributed by atoms with Crippen molar-refractivity contribution >= 4 is 5.69 Å². The molecule has 0 amide bonds. The number of hydrogen-bond acceptors (Lipinski definition) is 1. The fraction of sp³-hybridized carbons (Fsp3) is 0.385. The summed E-state index contributed by atoms with van der Waals surface area (Å²) in [4.78, 5) is 0. The second-order valence-corrected chi connectivity index (χ2v) is 8.46. The number of rotatable bonds is 4. The Balaban J connectivity index is 1.45. The first-order valence-corrected chi connectivity index (χ1v) is 10.4. The summed E-state index contributed by atoms with van der Waals surface area (Å²) in [6.07, 6.45) is 22.4. The van der Waals surface area contributed by atoms with Crippen LogP contribution in [0, 0.1) is 29.6 Å². The van der Waals surface area contributed by atoms with Gasteiger partial charge >= 0.3 is 0 Å². The molecule has 1 N–H and O–H groups in total. The van der Waals surface area contributed by atoms with Crippen LogP contribution in [0.15, 0.2) is 90.2 Å². The lowest BCUT2D eigenvalue weighted by Crippen LogP contribution is -2.26. The molecule has 0 heterocycles. The summed E-state index contributed by atoms with van der Waals surface area (Å²) in [5.41, 5.74) is 4.10. The summed E-state index contributed by atoms with van der Waals surface area (Å²) in [7, 11) is 0. The number of hydrogen-bond donors (Lipinski definition) is 1. The Kier molecular flexibility index (Phi) is 5.48. The van der Waals surface area contributed by atoms with Gasteiger partial charge in [0.2, 0.25) is 0 Å². The maximum Gasteiger partial charge on any atom is 0.0381 e. The zero-order valence-corrected chi connectivity index (χ0v) is 16.5. The van der Waals surface area contributed by atoms with Crippen LogP contribution in [0.25, 0.3) is 0 Å². The van der Waals surface area contributed by atoms with Gasteiger partial charge < -0.3 is 5.32 Å². The molecule has 3 aliphatic carbocycles. The molecule has 0 saturated heterocycles. The van der Waals surface area contributed by atoms with E-state index >= 15 is 0 Å². The van der Waals surface area contributed by atoms with Gasteiger partial charge in [-0.3, -0.25) is 0 Å². The molecule has 0 spiro atoms. The van der Waals surface area contributed by atoms with Crippen LogP contribution in [0.1, 0.15) is 33.1 Å². The van der Waals surface area contributed by atoms with E-state index in [1.165, 1.54) is 24.2 Å². The van der Waals surface area contributed by atoms with E-state index < -0.39 is 0 Å². The molecular formula is C26H31N. The Morgan fingerprint density at radius 1 is 0.889 bits per heavy atom. The molecule has 1 aromatic carbocycles. The van der Waals surface area contributed by atoms with Gasteiger partial charge in [0.1, 0.15) is 0 Å². The molecule has 140 valence electrons. The predicted molar refractivity (Wildman–Crippen MR) is 116 cm³/mol. The Labute approximate surface area is 164 Å². The largest absolute Gasteiger partial charge is 0.359 e. The van der Waals surface area contributed by atoms with Gasteiger partial charge in [-0.2, -0.15) is 0 Å². The van der Waals surface area contributed by atoms with Gasteiger partial charge in [0.05, 0.1) is 0 Å². The summed E-state index contributed by atoms with van der Waals surface area (Å²) >= 11 is 0. The average molecular weight is 358 g/mol. The highest BCUT2D eigenvalue weighted by atomic mass is 14.9. The van der Waals surface area contributed by atoms with E-state index in [0.29, 0.717) is 23.7 Å². The Bertz CT molecular complexity index is 793. The minimum atomic E-state index is 0.537. The van der Waals surface area contributed by atoms with E-state index in [1.54, 1.807) is 5.57 Å². The molecule has 1 aromatic rings. The summed E-state index contributed by atoms with van der Waals surface area (Å²) < 4.78 is 0. The molecular weight excluding hydrogens is 326 g/mol. The zero-order chi connectivity index (χ0) is 18.6. The molecule has 3 aliphatic rings. The quantitative estimate of drug-likeness (QED) is 0.577. The first kappa shape index (κ1) is 18.1. The topological polar surface area (TPSA) is 12.0 Å². The van der Waals surface area contributed by atoms with Gasteiger partial charge in [-0.05, 0) is 61.1 Å². The molecule has 0 aromatic heterocycles. The molecule has 27 heavy (non-hydrogen) atoms. The minimum Gasteiger partial charge on any atom is -0.359 e. The molecule has 0 saturated carbocycles. The maximum absolute atomic E-state index is 3.60. The minimum absolute atomic E-state index is 0.537. The standard InChI is InChI=1S/C26H31N/c1-19-17-22(21-9-5-3-6-10-21)13-15-25(19)23-14-16-26(20(2)18-23)27-24-11-7-4-8-12-24/h3-9,11-16,19-22,25,27H,10,17-18H2,1-2H3. The molecule has 5 atom stereocenters. The summed E-state index contributed by atoms with van der Waals surface area (Å²) in [5, 5.41) is 3.60. The third kappa shape index (κ3) is 4.18. The highest BCUT2D eigenvalue weighted by Gasteiger charge is 2.30. The van der Waals surface area contributed by atoms with Gasteiger partial charge in [-0.1, -0.05) is 80.2 Å². The first-order valence-electron chi connectivity index (χ1n) is 10.4. The maximum atomic E-state index is 3.60. The molecule has 4 rings (SSSR count). The van der Waals surface area contributed by atoms with Crippen molar-refractivity contribution in [3.8, 4) is 0 Å². The fourth-order valence-corrected chi connectivity index (χ4v) is 4.82. The smallest absolute Gasteiger partial charge is 0.0381 e. The zero-order valence-electron chi connectivity index (χ0n) is 16.5. The lowest BCUT2D eigenvalue weighted by molar-refractivity contribution is 0.309. The lowest BCUT2D eigenvalue weighted by Gasteiger charge is -2.36. The number of anilines is 1. The normalized spacial score (nSPS) is 32.7. The van der Waals surface area contributed by atoms with Crippen molar-refractivity contribution in [3.63, 3.8) is 0 Å². The molecule has 0 aliphatic heterocycles. The van der Waals surface area contributed by atoms with Gasteiger partial charge in [-0.15, -0.1) is 0 Å². The van der Waals surface area contributed by atoms with Crippen LogP contribution in [-0.2, 0) is 0 Å². The second kappa shape index (κ2) is 8.17. The molecule has 0 radical (unpaired) electrons. The van der Waals surface area contributed by atoms with Crippen LogP contribution in [-0.4, -0.2) is 0 Å². The van der Waals surface area contributed by atoms with Crippen LogP contribution in [0.2, 0.25) is 0 Å². The predicted octanol–water partition coefficient (Wildman–Crippen LogP) is 6.91. The van der Waals surface area contributed by atoms with Crippen molar-refractivity contribution in [3.05, 3.63) is 90.2 Å². The van der Waals surface area contributed by atoms with E-state index in [9.17, 15) is 0 Å². The second-order valence-electron chi connectivity index (χ2n) is 8.46. The van der Waals surface area contributed by atoms with Crippen LogP contribution in [0.4, 0.5) is 5.69 Å². The molecule has 5 unspecified atom stereocenters.